The lowest BCUT2D eigenvalue weighted by Crippen LogP contribution is -2.34. The number of nitrogens with one attached hydrogen (secondary N) is 1. The van der Waals surface area contributed by atoms with Crippen molar-refractivity contribution >= 4 is 11.9 Å². The van der Waals surface area contributed by atoms with Crippen molar-refractivity contribution < 1.29 is 9.53 Å². The van der Waals surface area contributed by atoms with E-state index < -0.39 is 5.60 Å². The number of fused-ring (bicyclic) bond motifs is 1. The Hall–Kier alpha value is -2.28. The normalized spacial score (nSPS) is 14.7. The molecule has 1 aromatic rings. The number of rotatable bonds is 2. The Bertz CT molecular complexity index is 592. The van der Waals surface area contributed by atoms with E-state index in [0.29, 0.717) is 25.3 Å². The van der Waals surface area contributed by atoms with Gasteiger partial charge < -0.3 is 16.0 Å². The number of nitrogens with zero attached hydrogens (tertiary/aromatic N) is 2. The van der Waals surface area contributed by atoms with Crippen LogP contribution >= 0.6 is 0 Å². The lowest BCUT2D eigenvalue weighted by atomic mass is 10.0. The molecule has 7 heteroatoms. The number of hydrazone groups is 1. The number of benzene rings is 1. The number of amidine groups is 1. The molecule has 0 radical (unpaired) electrons. The second kappa shape index (κ2) is 6.23. The van der Waals surface area contributed by atoms with Crippen molar-refractivity contribution in [3.05, 3.63) is 34.9 Å². The maximum absolute atomic E-state index is 12.2. The molecule has 1 aliphatic rings. The fraction of sp³-hybridized carbons (Fsp3) is 0.467. The molecule has 0 saturated heterocycles. The van der Waals surface area contributed by atoms with Gasteiger partial charge in [-0.25, -0.2) is 10.6 Å². The lowest BCUT2D eigenvalue weighted by molar-refractivity contribution is 0.0241. The molecule has 1 amide bonds. The summed E-state index contributed by atoms with van der Waals surface area (Å²) < 4.78 is 5.43. The van der Waals surface area contributed by atoms with Gasteiger partial charge in [0, 0.05) is 19.5 Å². The number of carbonyl (C=O) groups is 1. The second-order valence-electron chi connectivity index (χ2n) is 6.29. The van der Waals surface area contributed by atoms with Gasteiger partial charge in [-0.05, 0) is 37.5 Å². The van der Waals surface area contributed by atoms with Crippen LogP contribution in [0.4, 0.5) is 4.79 Å². The summed E-state index contributed by atoms with van der Waals surface area (Å²) in [5.74, 6) is 11.1. The van der Waals surface area contributed by atoms with E-state index in [2.05, 4.69) is 10.5 Å². The lowest BCUT2D eigenvalue weighted by Gasteiger charge is -2.24. The van der Waals surface area contributed by atoms with Gasteiger partial charge in [-0.15, -0.1) is 0 Å². The first-order valence-electron chi connectivity index (χ1n) is 7.15. The van der Waals surface area contributed by atoms with Gasteiger partial charge in [-0.2, -0.15) is 5.10 Å². The van der Waals surface area contributed by atoms with Crippen LogP contribution in [0.25, 0.3) is 0 Å². The molecule has 0 aromatic heterocycles. The zero-order valence-electron chi connectivity index (χ0n) is 13.2. The highest BCUT2D eigenvalue weighted by Gasteiger charge is 2.29. The van der Waals surface area contributed by atoms with Crippen LogP contribution in [0.5, 0.6) is 0 Å². The maximum Gasteiger partial charge on any atom is 0.410 e. The molecule has 5 N–H and O–H groups in total. The Morgan fingerprint density at radius 1 is 1.41 bits per heavy atom. The third-order valence-electron chi connectivity index (χ3n) is 3.41. The average molecular weight is 305 g/mol. The Morgan fingerprint density at radius 2 is 2.14 bits per heavy atom. The van der Waals surface area contributed by atoms with Crippen LogP contribution in [0.3, 0.4) is 0 Å². The Labute approximate surface area is 130 Å². The largest absolute Gasteiger partial charge is 0.444 e. The number of nitrogens with two attached hydrogens (primary N) is 2. The van der Waals surface area contributed by atoms with Crippen LogP contribution in [-0.2, 0) is 24.2 Å². The molecule has 120 valence electrons. The van der Waals surface area contributed by atoms with Gasteiger partial charge in [0.25, 0.3) is 0 Å². The molecule has 0 bridgehead atoms. The van der Waals surface area contributed by atoms with E-state index in [9.17, 15) is 4.79 Å². The van der Waals surface area contributed by atoms with Crippen LogP contribution in [0.15, 0.2) is 23.3 Å². The first-order valence-corrected chi connectivity index (χ1v) is 7.15. The Morgan fingerprint density at radius 3 is 2.73 bits per heavy atom. The first-order chi connectivity index (χ1) is 10.3. The van der Waals surface area contributed by atoms with Crippen molar-refractivity contribution in [1.29, 1.82) is 0 Å². The third kappa shape index (κ3) is 3.67. The predicted octanol–water partition coefficient (Wildman–Crippen LogP) is 1.22. The molecule has 1 aromatic carbocycles. The quantitative estimate of drug-likeness (QED) is 0.330. The summed E-state index contributed by atoms with van der Waals surface area (Å²) in [6.45, 7) is 6.63. The SMILES string of the molecule is CC(C)(C)OC(=O)N1Cc2cccc(C/C(=N/N)NN)c2C1. The molecule has 22 heavy (non-hydrogen) atoms. The minimum absolute atomic E-state index is 0.306. The summed E-state index contributed by atoms with van der Waals surface area (Å²) in [4.78, 5) is 13.9. The number of hydrogen-bond donors (Lipinski definition) is 3. The van der Waals surface area contributed by atoms with E-state index in [0.717, 1.165) is 16.7 Å². The number of ether oxygens (including phenoxy) is 1. The van der Waals surface area contributed by atoms with Gasteiger partial charge in [0.1, 0.15) is 11.4 Å². The van der Waals surface area contributed by atoms with Gasteiger partial charge in [0.2, 0.25) is 0 Å². The molecule has 0 aliphatic carbocycles. The first kappa shape index (κ1) is 16.1. The smallest absolute Gasteiger partial charge is 0.410 e. The third-order valence-corrected chi connectivity index (χ3v) is 3.41. The topological polar surface area (TPSA) is 106 Å². The molecule has 0 saturated carbocycles. The number of hydrogen-bond acceptors (Lipinski definition) is 5. The molecule has 1 aliphatic heterocycles. The van der Waals surface area contributed by atoms with Gasteiger partial charge in [0.05, 0.1) is 0 Å². The van der Waals surface area contributed by atoms with E-state index in [1.165, 1.54) is 0 Å². The van der Waals surface area contributed by atoms with Crippen LogP contribution in [-0.4, -0.2) is 22.4 Å². The summed E-state index contributed by atoms with van der Waals surface area (Å²) >= 11 is 0. The van der Waals surface area contributed by atoms with Crippen molar-refractivity contribution in [2.24, 2.45) is 16.8 Å². The van der Waals surface area contributed by atoms with Crippen molar-refractivity contribution in [2.75, 3.05) is 0 Å². The molecule has 1 heterocycles. The standard InChI is InChI=1S/C15H23N5O2/c1-15(2,3)22-14(21)20-8-11-6-4-5-10(12(11)9-20)7-13(18-16)19-17/h4-6H,7-9,16-17H2,1-3H3,(H,18,19). The number of carbonyl (C=O) groups excluding carboxylic acids is 1. The minimum atomic E-state index is -0.502. The summed E-state index contributed by atoms with van der Waals surface area (Å²) in [6, 6.07) is 5.95. The zero-order valence-corrected chi connectivity index (χ0v) is 13.2. The molecule has 0 spiro atoms. The maximum atomic E-state index is 12.2. The fourth-order valence-corrected chi connectivity index (χ4v) is 2.43. The highest BCUT2D eigenvalue weighted by Crippen LogP contribution is 2.27. The molecule has 0 unspecified atom stereocenters. The highest BCUT2D eigenvalue weighted by atomic mass is 16.6. The summed E-state index contributed by atoms with van der Waals surface area (Å²) in [7, 11) is 0. The van der Waals surface area contributed by atoms with Gasteiger partial charge in [0.15, 0.2) is 0 Å². The number of amides is 1. The van der Waals surface area contributed by atoms with Gasteiger partial charge >= 0.3 is 6.09 Å². The predicted molar refractivity (Wildman–Crippen MR) is 84.6 cm³/mol. The van der Waals surface area contributed by atoms with Crippen molar-refractivity contribution in [1.82, 2.24) is 10.3 Å². The van der Waals surface area contributed by atoms with Crippen LogP contribution < -0.4 is 17.1 Å². The highest BCUT2D eigenvalue weighted by molar-refractivity contribution is 5.84. The van der Waals surface area contributed by atoms with Crippen molar-refractivity contribution in [3.63, 3.8) is 0 Å². The molecule has 7 nitrogen and oxygen atoms in total. The monoisotopic (exact) mass is 305 g/mol. The van der Waals surface area contributed by atoms with Crippen molar-refractivity contribution in [3.8, 4) is 0 Å². The summed E-state index contributed by atoms with van der Waals surface area (Å²) in [5.41, 5.74) is 5.23. The Balaban J connectivity index is 2.15. The Kier molecular flexibility index (Phi) is 4.56. The molecule has 0 fully saturated rings. The molecular formula is C15H23N5O2. The van der Waals surface area contributed by atoms with E-state index in [4.69, 9.17) is 16.4 Å². The molecular weight excluding hydrogens is 282 g/mol. The van der Waals surface area contributed by atoms with Crippen LogP contribution in [0, 0.1) is 0 Å². The minimum Gasteiger partial charge on any atom is -0.444 e. The average Bonchev–Trinajstić information content (AvgIpc) is 2.87. The fourth-order valence-electron chi connectivity index (χ4n) is 2.43. The van der Waals surface area contributed by atoms with Crippen LogP contribution in [0.2, 0.25) is 0 Å². The van der Waals surface area contributed by atoms with Gasteiger partial charge in [-0.3, -0.25) is 4.90 Å². The summed E-state index contributed by atoms with van der Waals surface area (Å²) in [6.07, 6.45) is 0.192. The van der Waals surface area contributed by atoms with Crippen molar-refractivity contribution in [2.45, 2.75) is 45.9 Å². The summed E-state index contributed by atoms with van der Waals surface area (Å²) in [5, 5.41) is 3.61. The van der Waals surface area contributed by atoms with E-state index in [1.807, 2.05) is 39.0 Å². The molecule has 0 atom stereocenters. The van der Waals surface area contributed by atoms with Gasteiger partial charge in [-0.1, -0.05) is 18.2 Å². The zero-order chi connectivity index (χ0) is 16.3. The van der Waals surface area contributed by atoms with E-state index in [1.54, 1.807) is 4.90 Å². The van der Waals surface area contributed by atoms with E-state index in [-0.39, 0.29) is 6.09 Å². The molecule has 2 rings (SSSR count). The van der Waals surface area contributed by atoms with E-state index >= 15 is 0 Å². The second-order valence-corrected chi connectivity index (χ2v) is 6.29. The van der Waals surface area contributed by atoms with Crippen LogP contribution in [0.1, 0.15) is 37.5 Å². The number of hydrazine groups is 1.